The van der Waals surface area contributed by atoms with Crippen LogP contribution in [0.5, 0.6) is 0 Å². The summed E-state index contributed by atoms with van der Waals surface area (Å²) in [7, 11) is 0. The molecule has 0 unspecified atom stereocenters. The average molecular weight is 326 g/mol. The zero-order valence-corrected chi connectivity index (χ0v) is 12.6. The molecule has 1 aliphatic carbocycles. The fourth-order valence-corrected chi connectivity index (χ4v) is 3.07. The normalized spacial score (nSPS) is 17.7. The molecule has 4 heteroatoms. The van der Waals surface area contributed by atoms with Crippen LogP contribution in [0.4, 0.5) is 4.79 Å². The summed E-state index contributed by atoms with van der Waals surface area (Å²) in [4.78, 5) is 11.6. The summed E-state index contributed by atoms with van der Waals surface area (Å²) in [5.74, 6) is 0. The van der Waals surface area contributed by atoms with Crippen molar-refractivity contribution in [1.29, 1.82) is 0 Å². The quantitative estimate of drug-likeness (QED) is 0.849. The minimum absolute atomic E-state index is 0.0665. The fraction of sp³-hybridized carbons (Fsp3) is 0.533. The van der Waals surface area contributed by atoms with E-state index in [1.54, 1.807) is 0 Å². The lowest BCUT2D eigenvalue weighted by Gasteiger charge is -2.31. The van der Waals surface area contributed by atoms with Gasteiger partial charge in [-0.3, -0.25) is 0 Å². The van der Waals surface area contributed by atoms with E-state index in [0.717, 1.165) is 18.4 Å². The summed E-state index contributed by atoms with van der Waals surface area (Å²) in [6.45, 7) is 0.961. The average Bonchev–Trinajstić information content (AvgIpc) is 2.45. The highest BCUT2D eigenvalue weighted by atomic mass is 79.9. The topological polar surface area (TPSA) is 38.3 Å². The Morgan fingerprint density at radius 2 is 1.89 bits per heavy atom. The monoisotopic (exact) mass is 325 g/mol. The first-order valence-electron chi connectivity index (χ1n) is 6.81. The maximum absolute atomic E-state index is 11.6. The predicted molar refractivity (Wildman–Crippen MR) is 79.4 cm³/mol. The van der Waals surface area contributed by atoms with E-state index >= 15 is 0 Å². The number of carbonyl (C=O) groups is 1. The van der Waals surface area contributed by atoms with Gasteiger partial charge in [-0.15, -0.1) is 0 Å². The van der Waals surface area contributed by atoms with Gasteiger partial charge in [-0.2, -0.15) is 0 Å². The molecule has 0 aromatic heterocycles. The maximum Gasteiger partial charge on any atom is 0.407 e. The minimum atomic E-state index is -0.340. The molecule has 1 aliphatic rings. The van der Waals surface area contributed by atoms with Crippen molar-refractivity contribution in [3.8, 4) is 0 Å². The molecule has 0 atom stereocenters. The summed E-state index contributed by atoms with van der Waals surface area (Å²) in [5, 5.41) is 2.86. The lowest BCUT2D eigenvalue weighted by atomic mass is 9.89. The third-order valence-corrected chi connectivity index (χ3v) is 4.59. The molecule has 1 aromatic rings. The van der Waals surface area contributed by atoms with Crippen molar-refractivity contribution in [3.05, 3.63) is 35.9 Å². The largest absolute Gasteiger partial charge is 0.445 e. The number of rotatable bonds is 4. The van der Waals surface area contributed by atoms with E-state index in [1.165, 1.54) is 19.3 Å². The molecule has 1 N–H and O–H groups in total. The molecule has 0 saturated heterocycles. The van der Waals surface area contributed by atoms with Crippen molar-refractivity contribution in [2.24, 2.45) is 0 Å². The molecule has 0 radical (unpaired) electrons. The van der Waals surface area contributed by atoms with E-state index in [4.69, 9.17) is 4.74 Å². The number of carbonyl (C=O) groups excluding carboxylic acids is 1. The van der Waals surface area contributed by atoms with Gasteiger partial charge < -0.3 is 10.1 Å². The van der Waals surface area contributed by atoms with Crippen molar-refractivity contribution in [3.63, 3.8) is 0 Å². The summed E-state index contributed by atoms with van der Waals surface area (Å²) >= 11 is 3.75. The van der Waals surface area contributed by atoms with Crippen molar-refractivity contribution < 1.29 is 9.53 Å². The minimum Gasteiger partial charge on any atom is -0.445 e. The summed E-state index contributed by atoms with van der Waals surface area (Å²) in [6, 6.07) is 9.71. The number of ether oxygens (including phenoxy) is 1. The molecular formula is C15H20BrNO2. The smallest absolute Gasteiger partial charge is 0.407 e. The fourth-order valence-electron chi connectivity index (χ4n) is 2.37. The van der Waals surface area contributed by atoms with Gasteiger partial charge in [0.15, 0.2) is 0 Å². The van der Waals surface area contributed by atoms with E-state index in [0.29, 0.717) is 13.2 Å². The van der Waals surface area contributed by atoms with E-state index in [-0.39, 0.29) is 10.4 Å². The van der Waals surface area contributed by atoms with Crippen LogP contribution in [0.3, 0.4) is 0 Å². The number of halogens is 1. The van der Waals surface area contributed by atoms with Crippen molar-refractivity contribution in [1.82, 2.24) is 5.32 Å². The highest BCUT2D eigenvalue weighted by molar-refractivity contribution is 9.10. The molecule has 0 spiro atoms. The van der Waals surface area contributed by atoms with E-state index in [2.05, 4.69) is 21.2 Å². The van der Waals surface area contributed by atoms with E-state index < -0.39 is 0 Å². The molecule has 2 rings (SSSR count). The second kappa shape index (κ2) is 6.94. The Morgan fingerprint density at radius 1 is 1.21 bits per heavy atom. The molecule has 104 valence electrons. The zero-order valence-electron chi connectivity index (χ0n) is 11.0. The van der Waals surface area contributed by atoms with E-state index in [9.17, 15) is 4.79 Å². The molecule has 1 amide bonds. The van der Waals surface area contributed by atoms with Crippen LogP contribution in [-0.4, -0.2) is 17.0 Å². The predicted octanol–water partition coefficient (Wildman–Crippen LogP) is 4.01. The standard InChI is InChI=1S/C15H20BrNO2/c16-15(9-5-2-6-10-15)12-17-14(18)19-11-13-7-3-1-4-8-13/h1,3-4,7-8H,2,5-6,9-12H2,(H,17,18). The van der Waals surface area contributed by atoms with Gasteiger partial charge in [-0.1, -0.05) is 65.5 Å². The van der Waals surface area contributed by atoms with Gasteiger partial charge in [0.05, 0.1) is 0 Å². The van der Waals surface area contributed by atoms with Crippen LogP contribution in [0.1, 0.15) is 37.7 Å². The first kappa shape index (κ1) is 14.4. The van der Waals surface area contributed by atoms with Crippen molar-refractivity contribution in [2.75, 3.05) is 6.54 Å². The second-order valence-corrected chi connectivity index (χ2v) is 6.81. The van der Waals surface area contributed by atoms with E-state index in [1.807, 2.05) is 30.3 Å². The summed E-state index contributed by atoms with van der Waals surface area (Å²) in [6.07, 6.45) is 5.65. The highest BCUT2D eigenvalue weighted by Gasteiger charge is 2.29. The highest BCUT2D eigenvalue weighted by Crippen LogP contribution is 2.35. The maximum atomic E-state index is 11.6. The Kier molecular flexibility index (Phi) is 5.25. The van der Waals surface area contributed by atoms with Crippen LogP contribution in [0.2, 0.25) is 0 Å². The van der Waals surface area contributed by atoms with Crippen LogP contribution < -0.4 is 5.32 Å². The molecule has 3 nitrogen and oxygen atoms in total. The number of amides is 1. The number of hydrogen-bond acceptors (Lipinski definition) is 2. The molecule has 0 bridgehead atoms. The third-order valence-electron chi connectivity index (χ3n) is 3.51. The molecule has 1 saturated carbocycles. The Morgan fingerprint density at radius 3 is 2.58 bits per heavy atom. The van der Waals surface area contributed by atoms with Crippen molar-refractivity contribution in [2.45, 2.75) is 43.0 Å². The molecule has 0 aliphatic heterocycles. The van der Waals surface area contributed by atoms with Crippen LogP contribution in [-0.2, 0) is 11.3 Å². The number of hydrogen-bond donors (Lipinski definition) is 1. The Labute approximate surface area is 122 Å². The number of benzene rings is 1. The second-order valence-electron chi connectivity index (χ2n) is 5.13. The van der Waals surface area contributed by atoms with Crippen LogP contribution in [0.25, 0.3) is 0 Å². The van der Waals surface area contributed by atoms with Gasteiger partial charge in [-0.25, -0.2) is 4.79 Å². The summed E-state index contributed by atoms with van der Waals surface area (Å²) < 4.78 is 5.26. The first-order valence-corrected chi connectivity index (χ1v) is 7.61. The molecule has 19 heavy (non-hydrogen) atoms. The molecule has 1 aromatic carbocycles. The van der Waals surface area contributed by atoms with Crippen LogP contribution >= 0.6 is 15.9 Å². The third kappa shape index (κ3) is 4.86. The van der Waals surface area contributed by atoms with Gasteiger partial charge in [0.2, 0.25) is 0 Å². The first-order chi connectivity index (χ1) is 9.18. The van der Waals surface area contributed by atoms with Crippen molar-refractivity contribution >= 4 is 22.0 Å². The number of alkyl halides is 1. The van der Waals surface area contributed by atoms with Gasteiger partial charge in [0.1, 0.15) is 6.61 Å². The SMILES string of the molecule is O=C(NCC1(Br)CCCCC1)OCc1ccccc1. The van der Waals surface area contributed by atoms with Gasteiger partial charge in [0.25, 0.3) is 0 Å². The zero-order chi connectivity index (χ0) is 13.6. The van der Waals surface area contributed by atoms with Gasteiger partial charge in [-0.05, 0) is 18.4 Å². The van der Waals surface area contributed by atoms with Crippen LogP contribution in [0, 0.1) is 0 Å². The molecule has 0 heterocycles. The number of alkyl carbamates (subject to hydrolysis) is 1. The Hall–Kier alpha value is -1.03. The lowest BCUT2D eigenvalue weighted by Crippen LogP contribution is -2.39. The Bertz CT molecular complexity index is 402. The molecule has 1 fully saturated rings. The van der Waals surface area contributed by atoms with Gasteiger partial charge in [0, 0.05) is 10.9 Å². The Balaban J connectivity index is 1.70. The molecular weight excluding hydrogens is 306 g/mol. The summed E-state index contributed by atoms with van der Waals surface area (Å²) in [5.41, 5.74) is 1.00. The number of nitrogens with one attached hydrogen (secondary N) is 1. The van der Waals surface area contributed by atoms with Gasteiger partial charge >= 0.3 is 6.09 Å². The van der Waals surface area contributed by atoms with Crippen LogP contribution in [0.15, 0.2) is 30.3 Å². The lowest BCUT2D eigenvalue weighted by molar-refractivity contribution is 0.138.